The van der Waals surface area contributed by atoms with Crippen LogP contribution in [0, 0.1) is 0 Å². The van der Waals surface area contributed by atoms with Crippen molar-refractivity contribution in [2.75, 3.05) is 19.7 Å². The Morgan fingerprint density at radius 1 is 1.25 bits per heavy atom. The van der Waals surface area contributed by atoms with Crippen LogP contribution in [0.2, 0.25) is 0 Å². The van der Waals surface area contributed by atoms with E-state index < -0.39 is 5.60 Å². The summed E-state index contributed by atoms with van der Waals surface area (Å²) >= 11 is 0. The maximum absolute atomic E-state index is 12.2. The van der Waals surface area contributed by atoms with Gasteiger partial charge in [0.05, 0.1) is 29.5 Å². The number of nitrogens with zero attached hydrogens (tertiary/aromatic N) is 3. The molecule has 0 aromatic carbocycles. The number of nitrogens with one attached hydrogen (secondary N) is 1. The van der Waals surface area contributed by atoms with Gasteiger partial charge in [0.25, 0.3) is 0 Å². The Balaban J connectivity index is 1.69. The highest BCUT2D eigenvalue weighted by atomic mass is 16.6. The lowest BCUT2D eigenvalue weighted by atomic mass is 10.2. The third kappa shape index (κ3) is 4.79. The summed E-state index contributed by atoms with van der Waals surface area (Å²) in [6.07, 6.45) is 4.82. The van der Waals surface area contributed by atoms with Crippen LogP contribution in [0.25, 0.3) is 22.3 Å². The van der Waals surface area contributed by atoms with Crippen molar-refractivity contribution in [3.63, 3.8) is 0 Å². The van der Waals surface area contributed by atoms with Crippen LogP contribution in [0.1, 0.15) is 27.7 Å². The molecule has 1 N–H and O–H groups in total. The summed E-state index contributed by atoms with van der Waals surface area (Å²) in [6.45, 7) is 8.78. The largest absolute Gasteiger partial charge is 0.489 e. The van der Waals surface area contributed by atoms with Crippen molar-refractivity contribution in [2.45, 2.75) is 33.3 Å². The minimum Gasteiger partial charge on any atom is -0.489 e. The number of pyridine rings is 2. The first-order chi connectivity index (χ1) is 13.4. The fraction of sp³-hybridized carbons (Fsp3) is 0.381. The first-order valence-electron chi connectivity index (χ1n) is 9.36. The van der Waals surface area contributed by atoms with Crippen LogP contribution in [-0.2, 0) is 4.74 Å². The Morgan fingerprint density at radius 3 is 2.79 bits per heavy atom. The zero-order valence-electron chi connectivity index (χ0n) is 16.7. The molecule has 7 nitrogen and oxygen atoms in total. The van der Waals surface area contributed by atoms with Gasteiger partial charge in [-0.3, -0.25) is 9.97 Å². The molecule has 0 atom stereocenters. The summed E-state index contributed by atoms with van der Waals surface area (Å²) in [4.78, 5) is 25.7. The van der Waals surface area contributed by atoms with E-state index in [0.29, 0.717) is 25.4 Å². The Bertz CT molecular complexity index is 913. The second-order valence-electron chi connectivity index (χ2n) is 7.40. The maximum Gasteiger partial charge on any atom is 0.410 e. The summed E-state index contributed by atoms with van der Waals surface area (Å²) < 4.78 is 11.4. The lowest BCUT2D eigenvalue weighted by molar-refractivity contribution is 0.0237. The number of amides is 1. The SMILES string of the molecule is CCN(CCOc1cnccc1-c1cc2ncccc2[nH]1)C(=O)OC(C)(C)C. The van der Waals surface area contributed by atoms with Gasteiger partial charge in [-0.25, -0.2) is 4.79 Å². The first-order valence-corrected chi connectivity index (χ1v) is 9.36. The van der Waals surface area contributed by atoms with Gasteiger partial charge in [0.15, 0.2) is 0 Å². The summed E-state index contributed by atoms with van der Waals surface area (Å²) in [5.41, 5.74) is 3.13. The molecular formula is C21H26N4O3. The van der Waals surface area contributed by atoms with Crippen molar-refractivity contribution < 1.29 is 14.3 Å². The van der Waals surface area contributed by atoms with Crippen molar-refractivity contribution in [3.8, 4) is 17.0 Å². The van der Waals surface area contributed by atoms with Crippen LogP contribution in [0.5, 0.6) is 5.75 Å². The molecule has 0 unspecified atom stereocenters. The van der Waals surface area contributed by atoms with Crippen LogP contribution >= 0.6 is 0 Å². The molecule has 3 heterocycles. The van der Waals surface area contributed by atoms with Gasteiger partial charge < -0.3 is 19.4 Å². The minimum absolute atomic E-state index is 0.338. The molecule has 0 bridgehead atoms. The Morgan fingerprint density at radius 2 is 2.07 bits per heavy atom. The average molecular weight is 382 g/mol. The normalized spacial score (nSPS) is 11.4. The molecule has 0 aliphatic carbocycles. The smallest absolute Gasteiger partial charge is 0.410 e. The van der Waals surface area contributed by atoms with Gasteiger partial charge in [-0.15, -0.1) is 0 Å². The van der Waals surface area contributed by atoms with Gasteiger partial charge in [0.2, 0.25) is 0 Å². The van der Waals surface area contributed by atoms with E-state index in [0.717, 1.165) is 22.3 Å². The van der Waals surface area contributed by atoms with Crippen molar-refractivity contribution >= 4 is 17.1 Å². The number of hydrogen-bond donors (Lipinski definition) is 1. The molecule has 0 spiro atoms. The predicted molar refractivity (Wildman–Crippen MR) is 108 cm³/mol. The van der Waals surface area contributed by atoms with Crippen molar-refractivity contribution in [1.29, 1.82) is 0 Å². The summed E-state index contributed by atoms with van der Waals surface area (Å²) in [7, 11) is 0. The van der Waals surface area contributed by atoms with E-state index in [9.17, 15) is 4.79 Å². The van der Waals surface area contributed by atoms with Crippen LogP contribution in [0.15, 0.2) is 42.9 Å². The Hall–Kier alpha value is -3.09. The van der Waals surface area contributed by atoms with Gasteiger partial charge in [-0.05, 0) is 52.0 Å². The standard InChI is InChI=1S/C21H26N4O3/c1-5-25(20(26)28-21(2,3)4)11-12-27-19-14-22-10-8-15(19)17-13-18-16(24-17)7-6-9-23-18/h6-10,13-14,24H,5,11-12H2,1-4H3. The van der Waals surface area contributed by atoms with E-state index in [-0.39, 0.29) is 6.09 Å². The molecule has 7 heteroatoms. The van der Waals surface area contributed by atoms with Gasteiger partial charge >= 0.3 is 6.09 Å². The molecule has 148 valence electrons. The molecule has 28 heavy (non-hydrogen) atoms. The van der Waals surface area contributed by atoms with Gasteiger partial charge in [0, 0.05) is 24.5 Å². The third-order valence-corrected chi connectivity index (χ3v) is 4.12. The van der Waals surface area contributed by atoms with Crippen molar-refractivity contribution in [3.05, 3.63) is 42.9 Å². The predicted octanol–water partition coefficient (Wildman–Crippen LogP) is 4.26. The summed E-state index contributed by atoms with van der Waals surface area (Å²) in [5, 5.41) is 0. The Kier molecular flexibility index (Phi) is 5.82. The molecule has 0 aliphatic rings. The number of carbonyl (C=O) groups is 1. The average Bonchev–Trinajstić information content (AvgIpc) is 3.08. The molecule has 0 fully saturated rings. The third-order valence-electron chi connectivity index (χ3n) is 4.12. The number of H-pyrrole nitrogens is 1. The van der Waals surface area contributed by atoms with Gasteiger partial charge in [0.1, 0.15) is 18.0 Å². The van der Waals surface area contributed by atoms with Gasteiger partial charge in [-0.1, -0.05) is 0 Å². The van der Waals surface area contributed by atoms with Gasteiger partial charge in [-0.2, -0.15) is 0 Å². The quantitative estimate of drug-likeness (QED) is 0.689. The highest BCUT2D eigenvalue weighted by Gasteiger charge is 2.21. The van der Waals surface area contributed by atoms with Crippen LogP contribution in [0.3, 0.4) is 0 Å². The molecule has 3 aromatic rings. The van der Waals surface area contributed by atoms with E-state index in [1.165, 1.54) is 0 Å². The van der Waals surface area contributed by atoms with Crippen LogP contribution in [0.4, 0.5) is 4.79 Å². The fourth-order valence-corrected chi connectivity index (χ4v) is 2.79. The number of ether oxygens (including phenoxy) is 2. The first kappa shape index (κ1) is 19.7. The van der Waals surface area contributed by atoms with E-state index in [4.69, 9.17) is 9.47 Å². The van der Waals surface area contributed by atoms with Crippen LogP contribution in [-0.4, -0.2) is 51.2 Å². The lowest BCUT2D eigenvalue weighted by Crippen LogP contribution is -2.38. The minimum atomic E-state index is -0.522. The molecule has 0 saturated heterocycles. The number of likely N-dealkylation sites (N-methyl/N-ethyl adjacent to an activating group) is 1. The zero-order valence-corrected chi connectivity index (χ0v) is 16.7. The number of fused-ring (bicyclic) bond motifs is 1. The van der Waals surface area contributed by atoms with E-state index in [2.05, 4.69) is 15.0 Å². The topological polar surface area (TPSA) is 80.3 Å². The summed E-state index contributed by atoms with van der Waals surface area (Å²) in [5.74, 6) is 0.647. The molecule has 0 radical (unpaired) electrons. The number of aromatic amines is 1. The molecule has 3 rings (SSSR count). The number of rotatable bonds is 6. The number of carbonyl (C=O) groups excluding carboxylic acids is 1. The fourth-order valence-electron chi connectivity index (χ4n) is 2.79. The molecule has 3 aromatic heterocycles. The highest BCUT2D eigenvalue weighted by molar-refractivity contribution is 5.83. The maximum atomic E-state index is 12.2. The second kappa shape index (κ2) is 8.29. The molecular weight excluding hydrogens is 356 g/mol. The highest BCUT2D eigenvalue weighted by Crippen LogP contribution is 2.30. The van der Waals surface area contributed by atoms with Crippen molar-refractivity contribution in [1.82, 2.24) is 19.9 Å². The zero-order chi connectivity index (χ0) is 20.1. The van der Waals surface area contributed by atoms with E-state index >= 15 is 0 Å². The summed E-state index contributed by atoms with van der Waals surface area (Å²) in [6, 6.07) is 7.75. The van der Waals surface area contributed by atoms with Crippen LogP contribution < -0.4 is 4.74 Å². The number of hydrogen-bond acceptors (Lipinski definition) is 5. The van der Waals surface area contributed by atoms with Crippen molar-refractivity contribution in [2.24, 2.45) is 0 Å². The Labute approximate surface area is 164 Å². The molecule has 0 saturated carbocycles. The number of aromatic nitrogens is 3. The van der Waals surface area contributed by atoms with E-state index in [1.807, 2.05) is 52.0 Å². The lowest BCUT2D eigenvalue weighted by Gasteiger charge is -2.26. The van der Waals surface area contributed by atoms with E-state index in [1.54, 1.807) is 23.5 Å². The monoisotopic (exact) mass is 382 g/mol. The molecule has 1 amide bonds. The molecule has 0 aliphatic heterocycles. The second-order valence-corrected chi connectivity index (χ2v) is 7.40.